The highest BCUT2D eigenvalue weighted by molar-refractivity contribution is 5.60. The van der Waals surface area contributed by atoms with Crippen LogP contribution in [0.4, 0.5) is 0 Å². The van der Waals surface area contributed by atoms with Gasteiger partial charge in [0.15, 0.2) is 6.20 Å². The van der Waals surface area contributed by atoms with Gasteiger partial charge in [-0.25, -0.2) is 0 Å². The number of aromatic nitrogens is 1. The van der Waals surface area contributed by atoms with E-state index in [2.05, 4.69) is 0 Å². The van der Waals surface area contributed by atoms with Crippen molar-refractivity contribution < 1.29 is 9.47 Å². The molecule has 0 saturated carbocycles. The van der Waals surface area contributed by atoms with Crippen LogP contribution in [0.3, 0.4) is 0 Å². The van der Waals surface area contributed by atoms with Crippen LogP contribution in [-0.2, 0) is 0 Å². The Morgan fingerprint density at radius 3 is 2.76 bits per heavy atom. The topological polar surface area (TPSA) is 36.2 Å². The smallest absolute Gasteiger partial charge is 0.237 e. The van der Waals surface area contributed by atoms with Gasteiger partial charge in [0.05, 0.1) is 0 Å². The summed E-state index contributed by atoms with van der Waals surface area (Å²) in [5.74, 6) is 0.809. The first-order chi connectivity index (χ1) is 8.34. The zero-order valence-electron chi connectivity index (χ0n) is 9.11. The number of nitrogens with zero attached hydrogens (tertiary/aromatic N) is 1. The number of pyridine rings is 1. The van der Waals surface area contributed by atoms with Crippen molar-refractivity contribution in [3.8, 4) is 5.75 Å². The minimum atomic E-state index is -0.316. The summed E-state index contributed by atoms with van der Waals surface area (Å²) in [5, 5.41) is 11.6. The summed E-state index contributed by atoms with van der Waals surface area (Å²) in [6.07, 6.45) is 5.04. The molecule has 0 spiro atoms. The van der Waals surface area contributed by atoms with Crippen LogP contribution in [0.5, 0.6) is 5.75 Å². The number of rotatable bonds is 1. The maximum atomic E-state index is 11.6. The molecule has 3 rings (SSSR count). The predicted molar refractivity (Wildman–Crippen MR) is 64.2 cm³/mol. The second kappa shape index (κ2) is 3.94. The summed E-state index contributed by atoms with van der Waals surface area (Å²) in [5.41, 5.74) is 1.63. The van der Waals surface area contributed by atoms with E-state index in [1.807, 2.05) is 42.5 Å². The molecule has 1 aromatic carbocycles. The molecule has 2 aromatic rings. The standard InChI is InChI=1S/C14H11NO2/c16-15-10-4-3-6-12(15)14-9-8-11-5-1-2-7-13(11)17-14/h1-10,14H. The number of ether oxygens (including phenoxy) is 1. The molecule has 0 radical (unpaired) electrons. The molecule has 1 aliphatic heterocycles. The molecule has 0 amide bonds. The largest absolute Gasteiger partial charge is 0.618 e. The fourth-order valence-corrected chi connectivity index (χ4v) is 1.91. The Morgan fingerprint density at radius 1 is 1.06 bits per heavy atom. The number of para-hydroxylation sites is 1. The van der Waals surface area contributed by atoms with Crippen LogP contribution in [0.2, 0.25) is 0 Å². The lowest BCUT2D eigenvalue weighted by molar-refractivity contribution is -0.617. The van der Waals surface area contributed by atoms with Crippen LogP contribution in [0.15, 0.2) is 54.7 Å². The van der Waals surface area contributed by atoms with Gasteiger partial charge >= 0.3 is 0 Å². The van der Waals surface area contributed by atoms with Crippen LogP contribution < -0.4 is 9.47 Å². The molecule has 17 heavy (non-hydrogen) atoms. The van der Waals surface area contributed by atoms with E-state index in [0.29, 0.717) is 5.69 Å². The lowest BCUT2D eigenvalue weighted by Crippen LogP contribution is -2.34. The van der Waals surface area contributed by atoms with E-state index in [1.165, 1.54) is 6.20 Å². The van der Waals surface area contributed by atoms with E-state index in [9.17, 15) is 5.21 Å². The van der Waals surface area contributed by atoms with E-state index in [0.717, 1.165) is 16.0 Å². The minimum Gasteiger partial charge on any atom is -0.618 e. The molecule has 0 saturated heterocycles. The highest BCUT2D eigenvalue weighted by Gasteiger charge is 2.22. The van der Waals surface area contributed by atoms with Crippen LogP contribution >= 0.6 is 0 Å². The maximum Gasteiger partial charge on any atom is 0.237 e. The van der Waals surface area contributed by atoms with E-state index in [1.54, 1.807) is 12.1 Å². The average Bonchev–Trinajstić information content (AvgIpc) is 2.39. The normalized spacial score (nSPS) is 17.3. The van der Waals surface area contributed by atoms with Gasteiger partial charge in [-0.05, 0) is 18.2 Å². The molecule has 1 aliphatic rings. The summed E-state index contributed by atoms with van der Waals surface area (Å²) < 4.78 is 6.63. The first-order valence-electron chi connectivity index (χ1n) is 5.46. The van der Waals surface area contributed by atoms with E-state index in [-0.39, 0.29) is 6.10 Å². The molecule has 84 valence electrons. The van der Waals surface area contributed by atoms with Gasteiger partial charge in [0.2, 0.25) is 11.8 Å². The van der Waals surface area contributed by atoms with Crippen molar-refractivity contribution in [3.05, 3.63) is 71.2 Å². The molecule has 3 heteroatoms. The highest BCUT2D eigenvalue weighted by Crippen LogP contribution is 2.30. The predicted octanol–water partition coefficient (Wildman–Crippen LogP) is 2.47. The monoisotopic (exact) mass is 225 g/mol. The van der Waals surface area contributed by atoms with Gasteiger partial charge in [0, 0.05) is 17.7 Å². The zero-order chi connectivity index (χ0) is 11.7. The average molecular weight is 225 g/mol. The van der Waals surface area contributed by atoms with Gasteiger partial charge in [0.25, 0.3) is 0 Å². The van der Waals surface area contributed by atoms with Crippen molar-refractivity contribution in [1.82, 2.24) is 0 Å². The van der Waals surface area contributed by atoms with Gasteiger partial charge in [0.1, 0.15) is 5.75 Å². The molecular weight excluding hydrogens is 214 g/mol. The van der Waals surface area contributed by atoms with Crippen molar-refractivity contribution in [2.45, 2.75) is 6.10 Å². The maximum absolute atomic E-state index is 11.6. The van der Waals surface area contributed by atoms with Gasteiger partial charge in [-0.2, -0.15) is 4.73 Å². The van der Waals surface area contributed by atoms with Crippen molar-refractivity contribution in [1.29, 1.82) is 0 Å². The fourth-order valence-electron chi connectivity index (χ4n) is 1.91. The Hall–Kier alpha value is -2.29. The number of hydrogen-bond acceptors (Lipinski definition) is 2. The van der Waals surface area contributed by atoms with Crippen molar-refractivity contribution in [3.63, 3.8) is 0 Å². The minimum absolute atomic E-state index is 0.316. The van der Waals surface area contributed by atoms with Gasteiger partial charge in [-0.15, -0.1) is 0 Å². The van der Waals surface area contributed by atoms with E-state index >= 15 is 0 Å². The van der Waals surface area contributed by atoms with Crippen molar-refractivity contribution in [2.75, 3.05) is 0 Å². The van der Waals surface area contributed by atoms with Crippen LogP contribution in [0.1, 0.15) is 17.4 Å². The molecule has 0 bridgehead atoms. The van der Waals surface area contributed by atoms with Gasteiger partial charge < -0.3 is 9.94 Å². The summed E-state index contributed by atoms with van der Waals surface area (Å²) in [6.45, 7) is 0. The number of fused-ring (bicyclic) bond motifs is 1. The van der Waals surface area contributed by atoms with Gasteiger partial charge in [-0.3, -0.25) is 0 Å². The Kier molecular flexibility index (Phi) is 2.29. The summed E-state index contributed by atoms with van der Waals surface area (Å²) in [7, 11) is 0. The summed E-state index contributed by atoms with van der Waals surface area (Å²) in [6, 6.07) is 13.1. The quantitative estimate of drug-likeness (QED) is 0.552. The third-order valence-corrected chi connectivity index (χ3v) is 2.77. The molecule has 1 unspecified atom stereocenters. The molecule has 1 atom stereocenters. The SMILES string of the molecule is [O-][n+]1ccccc1C1C=Cc2ccccc2O1. The zero-order valence-corrected chi connectivity index (χ0v) is 9.11. The fraction of sp³-hybridized carbons (Fsp3) is 0.0714. The lowest BCUT2D eigenvalue weighted by atomic mass is 10.1. The molecule has 1 aromatic heterocycles. The number of benzene rings is 1. The number of hydrogen-bond donors (Lipinski definition) is 0. The van der Waals surface area contributed by atoms with Crippen molar-refractivity contribution >= 4 is 6.08 Å². The second-order valence-electron chi connectivity index (χ2n) is 3.89. The Labute approximate surface area is 99.2 Å². The first-order valence-corrected chi connectivity index (χ1v) is 5.46. The lowest BCUT2D eigenvalue weighted by Gasteiger charge is -2.20. The molecule has 0 fully saturated rings. The highest BCUT2D eigenvalue weighted by atomic mass is 16.5. The van der Waals surface area contributed by atoms with Crippen molar-refractivity contribution in [2.24, 2.45) is 0 Å². The Balaban J connectivity index is 1.98. The Morgan fingerprint density at radius 2 is 1.88 bits per heavy atom. The first kappa shape index (κ1) is 9.90. The van der Waals surface area contributed by atoms with Gasteiger partial charge in [-0.1, -0.05) is 24.3 Å². The molecule has 0 aliphatic carbocycles. The molecule has 3 nitrogen and oxygen atoms in total. The summed E-state index contributed by atoms with van der Waals surface area (Å²) in [4.78, 5) is 0. The van der Waals surface area contributed by atoms with E-state index < -0.39 is 0 Å². The van der Waals surface area contributed by atoms with E-state index in [4.69, 9.17) is 4.74 Å². The molecular formula is C14H11NO2. The third kappa shape index (κ3) is 1.76. The van der Waals surface area contributed by atoms with Crippen LogP contribution in [0, 0.1) is 5.21 Å². The summed E-state index contributed by atoms with van der Waals surface area (Å²) >= 11 is 0. The molecule has 2 heterocycles. The second-order valence-corrected chi connectivity index (χ2v) is 3.89. The molecule has 0 N–H and O–H groups in total. The van der Waals surface area contributed by atoms with Crippen LogP contribution in [0.25, 0.3) is 6.08 Å². The van der Waals surface area contributed by atoms with Crippen LogP contribution in [-0.4, -0.2) is 0 Å². The third-order valence-electron chi connectivity index (χ3n) is 2.77. The Bertz CT molecular complexity index is 578.